The minimum atomic E-state index is -0.373. The van der Waals surface area contributed by atoms with Crippen molar-refractivity contribution < 1.29 is 23.6 Å². The van der Waals surface area contributed by atoms with Gasteiger partial charge in [-0.1, -0.05) is 0 Å². The second-order valence-corrected chi connectivity index (χ2v) is 2.37. The van der Waals surface area contributed by atoms with Crippen LogP contribution < -0.4 is 4.74 Å². The first-order valence-electron chi connectivity index (χ1n) is 3.90. The van der Waals surface area contributed by atoms with E-state index in [9.17, 15) is 9.59 Å². The first kappa shape index (κ1) is 10.2. The Hall–Kier alpha value is -1.85. The molecule has 1 rings (SSSR count). The van der Waals surface area contributed by atoms with Crippen molar-refractivity contribution in [3.05, 3.63) is 11.8 Å². The van der Waals surface area contributed by atoms with E-state index in [0.717, 1.165) is 0 Å². The molecule has 1 aromatic heterocycles. The van der Waals surface area contributed by atoms with Gasteiger partial charge in [-0.05, 0) is 5.16 Å². The Balaban J connectivity index is 2.24. The summed E-state index contributed by atoms with van der Waals surface area (Å²) < 4.78 is 14.1. The fourth-order valence-electron chi connectivity index (χ4n) is 0.727. The molecule has 0 radical (unpaired) electrons. The van der Waals surface area contributed by atoms with Crippen LogP contribution in [0.2, 0.25) is 0 Å². The van der Waals surface area contributed by atoms with Crippen LogP contribution in [0, 0.1) is 0 Å². The van der Waals surface area contributed by atoms with Gasteiger partial charge in [-0.25, -0.2) is 0 Å². The van der Waals surface area contributed by atoms with Crippen molar-refractivity contribution in [3.63, 3.8) is 0 Å². The highest BCUT2D eigenvalue weighted by Gasteiger charge is 2.03. The summed E-state index contributed by atoms with van der Waals surface area (Å²) in [7, 11) is 0. The van der Waals surface area contributed by atoms with Crippen molar-refractivity contribution in [2.45, 2.75) is 6.92 Å². The standard InChI is InChI=1S/C8H9NO5/c1-6(11)12-2-3-13-8-4-7(5-10)14-9-8/h4-5H,2-3H2,1H3. The fourth-order valence-corrected chi connectivity index (χ4v) is 0.727. The number of esters is 1. The Labute approximate surface area is 79.8 Å². The maximum atomic E-state index is 10.3. The van der Waals surface area contributed by atoms with Gasteiger partial charge in [0.15, 0.2) is 6.29 Å². The normalized spacial score (nSPS) is 9.50. The van der Waals surface area contributed by atoms with E-state index in [1.54, 1.807) is 0 Å². The molecule has 0 unspecified atom stereocenters. The molecular weight excluding hydrogens is 190 g/mol. The van der Waals surface area contributed by atoms with Crippen molar-refractivity contribution in [1.82, 2.24) is 5.16 Å². The third-order valence-corrected chi connectivity index (χ3v) is 1.26. The van der Waals surface area contributed by atoms with Crippen molar-refractivity contribution in [2.24, 2.45) is 0 Å². The predicted octanol–water partition coefficient (Wildman–Crippen LogP) is 0.429. The molecule has 0 atom stereocenters. The van der Waals surface area contributed by atoms with Gasteiger partial charge < -0.3 is 14.0 Å². The second kappa shape index (κ2) is 5.00. The molecule has 76 valence electrons. The molecule has 0 fully saturated rings. The molecule has 1 aromatic rings. The van der Waals surface area contributed by atoms with E-state index < -0.39 is 0 Å². The van der Waals surface area contributed by atoms with Crippen LogP contribution in [0.3, 0.4) is 0 Å². The van der Waals surface area contributed by atoms with Crippen LogP contribution in [0.25, 0.3) is 0 Å². The van der Waals surface area contributed by atoms with Crippen molar-refractivity contribution in [2.75, 3.05) is 13.2 Å². The third kappa shape index (κ3) is 3.26. The molecule has 0 bridgehead atoms. The minimum Gasteiger partial charge on any atom is -0.472 e. The van der Waals surface area contributed by atoms with Crippen LogP contribution in [0.1, 0.15) is 17.5 Å². The van der Waals surface area contributed by atoms with E-state index >= 15 is 0 Å². The molecule has 0 saturated heterocycles. The van der Waals surface area contributed by atoms with E-state index in [1.165, 1.54) is 13.0 Å². The number of hydrogen-bond donors (Lipinski definition) is 0. The number of aromatic nitrogens is 1. The summed E-state index contributed by atoms with van der Waals surface area (Å²) in [5.41, 5.74) is 0. The first-order valence-corrected chi connectivity index (χ1v) is 3.90. The summed E-state index contributed by atoms with van der Waals surface area (Å²) in [5, 5.41) is 3.43. The SMILES string of the molecule is CC(=O)OCCOc1cc(C=O)on1. The molecule has 1 heterocycles. The quantitative estimate of drug-likeness (QED) is 0.388. The Morgan fingerprint density at radius 3 is 3.00 bits per heavy atom. The highest BCUT2D eigenvalue weighted by atomic mass is 16.6. The molecule has 0 amide bonds. The lowest BCUT2D eigenvalue weighted by Crippen LogP contribution is -2.09. The third-order valence-electron chi connectivity index (χ3n) is 1.26. The molecule has 0 N–H and O–H groups in total. The van der Waals surface area contributed by atoms with E-state index in [2.05, 4.69) is 14.4 Å². The Bertz CT molecular complexity index is 319. The zero-order valence-electron chi connectivity index (χ0n) is 7.56. The number of hydrogen-bond acceptors (Lipinski definition) is 6. The van der Waals surface area contributed by atoms with Gasteiger partial charge in [0.25, 0.3) is 5.88 Å². The smallest absolute Gasteiger partial charge is 0.302 e. The second-order valence-electron chi connectivity index (χ2n) is 2.37. The molecule has 0 aromatic carbocycles. The highest BCUT2D eigenvalue weighted by molar-refractivity contribution is 5.70. The monoisotopic (exact) mass is 199 g/mol. The van der Waals surface area contributed by atoms with Crippen LogP contribution in [-0.2, 0) is 9.53 Å². The molecule has 6 heteroatoms. The van der Waals surface area contributed by atoms with Gasteiger partial charge >= 0.3 is 5.97 Å². The number of carbonyl (C=O) groups excluding carboxylic acids is 2. The summed E-state index contributed by atoms with van der Waals surface area (Å²) in [4.78, 5) is 20.5. The van der Waals surface area contributed by atoms with Crippen LogP contribution in [0.15, 0.2) is 10.6 Å². The van der Waals surface area contributed by atoms with E-state index in [1.807, 2.05) is 0 Å². The van der Waals surface area contributed by atoms with Gasteiger partial charge in [-0.2, -0.15) is 0 Å². The highest BCUT2D eigenvalue weighted by Crippen LogP contribution is 2.08. The fraction of sp³-hybridized carbons (Fsp3) is 0.375. The zero-order valence-corrected chi connectivity index (χ0v) is 7.56. The Kier molecular flexibility index (Phi) is 3.66. The summed E-state index contributed by atoms with van der Waals surface area (Å²) >= 11 is 0. The van der Waals surface area contributed by atoms with Crippen LogP contribution in [0.4, 0.5) is 0 Å². The molecule has 0 aliphatic rings. The summed E-state index contributed by atoms with van der Waals surface area (Å²) in [6.07, 6.45) is 0.520. The van der Waals surface area contributed by atoms with Gasteiger partial charge in [0, 0.05) is 6.92 Å². The van der Waals surface area contributed by atoms with Gasteiger partial charge in [0.05, 0.1) is 6.07 Å². The Morgan fingerprint density at radius 1 is 1.64 bits per heavy atom. The van der Waals surface area contributed by atoms with Crippen molar-refractivity contribution in [3.8, 4) is 5.88 Å². The lowest BCUT2D eigenvalue weighted by atomic mass is 10.5. The number of ether oxygens (including phenoxy) is 2. The molecule has 0 aliphatic heterocycles. The summed E-state index contributed by atoms with van der Waals surface area (Å²) in [5.74, 6) is -0.0888. The molecule has 0 spiro atoms. The van der Waals surface area contributed by atoms with E-state index in [4.69, 9.17) is 4.74 Å². The van der Waals surface area contributed by atoms with Crippen LogP contribution in [-0.4, -0.2) is 30.6 Å². The maximum absolute atomic E-state index is 10.3. The molecule has 0 aliphatic carbocycles. The topological polar surface area (TPSA) is 78.6 Å². The predicted molar refractivity (Wildman–Crippen MR) is 44.0 cm³/mol. The molecule has 6 nitrogen and oxygen atoms in total. The number of aldehydes is 1. The molecule has 0 saturated carbocycles. The number of rotatable bonds is 5. The lowest BCUT2D eigenvalue weighted by molar-refractivity contribution is -0.141. The van der Waals surface area contributed by atoms with E-state index in [-0.39, 0.29) is 30.8 Å². The molecular formula is C8H9NO5. The van der Waals surface area contributed by atoms with Gasteiger partial charge in [0.1, 0.15) is 13.2 Å². The van der Waals surface area contributed by atoms with Gasteiger partial charge in [0.2, 0.25) is 5.76 Å². The largest absolute Gasteiger partial charge is 0.472 e. The van der Waals surface area contributed by atoms with Crippen molar-refractivity contribution in [1.29, 1.82) is 0 Å². The van der Waals surface area contributed by atoms with Crippen LogP contribution >= 0.6 is 0 Å². The van der Waals surface area contributed by atoms with Gasteiger partial charge in [-0.3, -0.25) is 9.59 Å². The maximum Gasteiger partial charge on any atom is 0.302 e. The average molecular weight is 199 g/mol. The van der Waals surface area contributed by atoms with E-state index in [0.29, 0.717) is 6.29 Å². The average Bonchev–Trinajstić information content (AvgIpc) is 2.60. The minimum absolute atomic E-state index is 0.0903. The van der Waals surface area contributed by atoms with Gasteiger partial charge in [-0.15, -0.1) is 0 Å². The number of nitrogens with zero attached hydrogens (tertiary/aromatic N) is 1. The zero-order chi connectivity index (χ0) is 10.4. The lowest BCUT2D eigenvalue weighted by Gasteiger charge is -2.01. The summed E-state index contributed by atoms with van der Waals surface area (Å²) in [6.45, 7) is 1.61. The first-order chi connectivity index (χ1) is 6.72. The summed E-state index contributed by atoms with van der Waals surface area (Å²) in [6, 6.07) is 1.35. The van der Waals surface area contributed by atoms with Crippen LogP contribution in [0.5, 0.6) is 5.88 Å². The Morgan fingerprint density at radius 2 is 2.43 bits per heavy atom. The van der Waals surface area contributed by atoms with Crippen molar-refractivity contribution >= 4 is 12.3 Å². The number of carbonyl (C=O) groups is 2. The molecule has 14 heavy (non-hydrogen) atoms.